The van der Waals surface area contributed by atoms with Crippen LogP contribution in [0.2, 0.25) is 0 Å². The molecule has 2 rings (SSSR count). The lowest BCUT2D eigenvalue weighted by Crippen LogP contribution is -2.65. The summed E-state index contributed by atoms with van der Waals surface area (Å²) in [5.74, 6) is -1.65. The highest BCUT2D eigenvalue weighted by molar-refractivity contribution is 5.73. The summed E-state index contributed by atoms with van der Waals surface area (Å²) in [6.45, 7) is -0.188. The van der Waals surface area contributed by atoms with Crippen molar-refractivity contribution in [3.05, 3.63) is 0 Å². The monoisotopic (exact) mass is 444 g/mol. The molecule has 14 nitrogen and oxygen atoms in total. The Morgan fingerprint density at radius 3 is 2.03 bits per heavy atom. The average molecular weight is 444 g/mol. The van der Waals surface area contributed by atoms with Crippen molar-refractivity contribution >= 4 is 5.97 Å². The number of carboxylic acids is 1. The molecular weight excluding hydrogens is 416 g/mol. The Balaban J connectivity index is 2.18. The summed E-state index contributed by atoms with van der Waals surface area (Å²) >= 11 is 0. The summed E-state index contributed by atoms with van der Waals surface area (Å²) in [6, 6.07) is 0. The van der Waals surface area contributed by atoms with Crippen LogP contribution >= 0.6 is 0 Å². The van der Waals surface area contributed by atoms with Gasteiger partial charge >= 0.3 is 5.97 Å². The highest BCUT2D eigenvalue weighted by Gasteiger charge is 2.53. The summed E-state index contributed by atoms with van der Waals surface area (Å²) in [5.41, 5.74) is 0. The second-order valence-electron chi connectivity index (χ2n) is 7.14. The van der Waals surface area contributed by atoms with E-state index >= 15 is 0 Å². The highest BCUT2D eigenvalue weighted by atomic mass is 16.7. The Kier molecular flexibility index (Phi) is 8.87. The van der Waals surface area contributed by atoms with Gasteiger partial charge in [-0.05, 0) is 6.92 Å². The van der Waals surface area contributed by atoms with Crippen molar-refractivity contribution in [3.8, 4) is 0 Å². The molecule has 0 aromatic carbocycles. The van der Waals surface area contributed by atoms with Gasteiger partial charge in [0.05, 0.1) is 19.3 Å². The predicted molar refractivity (Wildman–Crippen MR) is 90.6 cm³/mol. The molecule has 12 atom stereocenters. The molecule has 0 spiro atoms. The number of aliphatic carboxylic acids is 1. The van der Waals surface area contributed by atoms with E-state index in [2.05, 4.69) is 0 Å². The van der Waals surface area contributed by atoms with E-state index in [0.717, 1.165) is 0 Å². The molecule has 0 aliphatic carbocycles. The average Bonchev–Trinajstić information content (AvgIpc) is 2.70. The number of aliphatic hydroxyl groups is 8. The SMILES string of the molecule is CC(O)C(CO)OC1OC(C(=O)O)C(OC2OC(CO)C(O)C(O)C2O)C(O)C1O. The van der Waals surface area contributed by atoms with Crippen LogP contribution in [-0.2, 0) is 23.7 Å². The molecule has 0 saturated carbocycles. The fourth-order valence-corrected chi connectivity index (χ4v) is 3.12. The fraction of sp³-hybridized carbons (Fsp3) is 0.938. The first kappa shape index (κ1) is 25.3. The van der Waals surface area contributed by atoms with Crippen LogP contribution < -0.4 is 0 Å². The minimum Gasteiger partial charge on any atom is -0.479 e. The van der Waals surface area contributed by atoms with Crippen LogP contribution in [0.1, 0.15) is 6.92 Å². The van der Waals surface area contributed by atoms with Crippen LogP contribution in [0, 0.1) is 0 Å². The van der Waals surface area contributed by atoms with Gasteiger partial charge in [0.25, 0.3) is 0 Å². The van der Waals surface area contributed by atoms with Crippen molar-refractivity contribution in [1.29, 1.82) is 0 Å². The number of aliphatic hydroxyl groups excluding tert-OH is 8. The first-order chi connectivity index (χ1) is 14.0. The van der Waals surface area contributed by atoms with Crippen molar-refractivity contribution in [1.82, 2.24) is 0 Å². The Bertz CT molecular complexity index is 558. The van der Waals surface area contributed by atoms with Gasteiger partial charge in [0, 0.05) is 0 Å². The normalized spacial score (nSPS) is 44.4. The van der Waals surface area contributed by atoms with Crippen molar-refractivity contribution in [2.75, 3.05) is 13.2 Å². The second-order valence-corrected chi connectivity index (χ2v) is 7.14. The van der Waals surface area contributed by atoms with Gasteiger partial charge in [0.2, 0.25) is 0 Å². The smallest absolute Gasteiger partial charge is 0.335 e. The Morgan fingerprint density at radius 2 is 1.53 bits per heavy atom. The van der Waals surface area contributed by atoms with E-state index in [-0.39, 0.29) is 0 Å². The Labute approximate surface area is 170 Å². The number of hydrogen-bond acceptors (Lipinski definition) is 13. The number of rotatable bonds is 8. The van der Waals surface area contributed by atoms with E-state index in [1.54, 1.807) is 0 Å². The zero-order valence-corrected chi connectivity index (χ0v) is 15.9. The molecule has 0 radical (unpaired) electrons. The molecular formula is C16H28O14. The van der Waals surface area contributed by atoms with E-state index in [9.17, 15) is 50.8 Å². The summed E-state index contributed by atoms with van der Waals surface area (Å²) in [6.07, 6.45) is -20.4. The van der Waals surface area contributed by atoms with Crippen LogP contribution in [0.3, 0.4) is 0 Å². The summed E-state index contributed by atoms with van der Waals surface area (Å²) < 4.78 is 20.6. The molecule has 12 unspecified atom stereocenters. The third-order valence-corrected chi connectivity index (χ3v) is 4.95. The lowest BCUT2D eigenvalue weighted by atomic mass is 9.96. The van der Waals surface area contributed by atoms with Gasteiger partial charge in [0.15, 0.2) is 18.7 Å². The van der Waals surface area contributed by atoms with Crippen molar-refractivity contribution in [3.63, 3.8) is 0 Å². The molecule has 2 aliphatic rings. The van der Waals surface area contributed by atoms with Gasteiger partial charge in [-0.15, -0.1) is 0 Å². The van der Waals surface area contributed by atoms with Crippen molar-refractivity contribution < 1.29 is 69.7 Å². The summed E-state index contributed by atoms with van der Waals surface area (Å²) in [4.78, 5) is 11.6. The van der Waals surface area contributed by atoms with Gasteiger partial charge in [-0.3, -0.25) is 0 Å². The number of carboxylic acid groups (broad SMARTS) is 1. The van der Waals surface area contributed by atoms with E-state index in [0.29, 0.717) is 0 Å². The van der Waals surface area contributed by atoms with Gasteiger partial charge in [0.1, 0.15) is 48.8 Å². The molecule has 2 fully saturated rings. The first-order valence-electron chi connectivity index (χ1n) is 9.18. The molecule has 30 heavy (non-hydrogen) atoms. The first-order valence-corrected chi connectivity index (χ1v) is 9.18. The molecule has 2 saturated heterocycles. The van der Waals surface area contributed by atoms with Gasteiger partial charge in [-0.25, -0.2) is 4.79 Å². The number of carbonyl (C=O) groups is 1. The van der Waals surface area contributed by atoms with Gasteiger partial charge < -0.3 is 64.9 Å². The van der Waals surface area contributed by atoms with Crippen LogP contribution in [0.25, 0.3) is 0 Å². The van der Waals surface area contributed by atoms with Crippen molar-refractivity contribution in [2.45, 2.75) is 80.5 Å². The maximum Gasteiger partial charge on any atom is 0.335 e. The topological polar surface area (TPSA) is 236 Å². The number of ether oxygens (including phenoxy) is 4. The van der Waals surface area contributed by atoms with E-state index < -0.39 is 92.8 Å². The largest absolute Gasteiger partial charge is 0.479 e. The maximum atomic E-state index is 11.6. The van der Waals surface area contributed by atoms with Crippen LogP contribution in [0.15, 0.2) is 0 Å². The van der Waals surface area contributed by atoms with Gasteiger partial charge in [-0.1, -0.05) is 0 Å². The Hall–Kier alpha value is -1.01. The quantitative estimate of drug-likeness (QED) is 0.170. The van der Waals surface area contributed by atoms with E-state index in [1.807, 2.05) is 0 Å². The van der Waals surface area contributed by atoms with Crippen LogP contribution in [-0.4, -0.2) is 139 Å². The van der Waals surface area contributed by atoms with Gasteiger partial charge in [-0.2, -0.15) is 0 Å². The number of hydrogen-bond donors (Lipinski definition) is 9. The van der Waals surface area contributed by atoms with Crippen molar-refractivity contribution in [2.24, 2.45) is 0 Å². The standard InChI is InChI=1S/C16H28O14/c1-4(19)5(2-17)27-16-11(24)9(22)12(13(30-16)14(25)26)29-15-10(23)8(21)7(20)6(3-18)28-15/h4-13,15-24H,2-3H2,1H3,(H,25,26). The minimum atomic E-state index is -1.97. The fourth-order valence-electron chi connectivity index (χ4n) is 3.12. The van der Waals surface area contributed by atoms with Crippen LogP contribution in [0.4, 0.5) is 0 Å². The van der Waals surface area contributed by atoms with E-state index in [4.69, 9.17) is 18.9 Å². The molecule has 0 amide bonds. The minimum absolute atomic E-state index is 0.692. The zero-order valence-electron chi connectivity index (χ0n) is 15.9. The summed E-state index contributed by atoms with van der Waals surface area (Å²) in [5, 5.41) is 87.7. The molecule has 2 heterocycles. The molecule has 176 valence electrons. The second kappa shape index (κ2) is 10.5. The predicted octanol–water partition coefficient (Wildman–Crippen LogP) is -5.54. The molecule has 9 N–H and O–H groups in total. The van der Waals surface area contributed by atoms with Crippen LogP contribution in [0.5, 0.6) is 0 Å². The molecule has 0 bridgehead atoms. The molecule has 2 aliphatic heterocycles. The lowest BCUT2D eigenvalue weighted by Gasteiger charge is -2.45. The lowest BCUT2D eigenvalue weighted by molar-refractivity contribution is -0.359. The van der Waals surface area contributed by atoms with E-state index in [1.165, 1.54) is 6.92 Å². The molecule has 0 aromatic rings. The highest BCUT2D eigenvalue weighted by Crippen LogP contribution is 2.30. The maximum absolute atomic E-state index is 11.6. The summed E-state index contributed by atoms with van der Waals surface area (Å²) in [7, 11) is 0. The molecule has 14 heteroatoms. The Morgan fingerprint density at radius 1 is 0.933 bits per heavy atom. The zero-order chi connectivity index (χ0) is 22.7. The molecule has 0 aromatic heterocycles. The third-order valence-electron chi connectivity index (χ3n) is 4.95. The third kappa shape index (κ3) is 5.24.